The van der Waals surface area contributed by atoms with Crippen LogP contribution in [0.1, 0.15) is 17.8 Å². The number of nitrogens with zero attached hydrogens (tertiary/aromatic N) is 6. The number of piperazine rings is 1. The molecule has 0 saturated carbocycles. The molecule has 1 atom stereocenters. The second-order valence-corrected chi connectivity index (χ2v) is 9.30. The number of hydrogen-bond donors (Lipinski definition) is 0. The molecule has 2 aliphatic heterocycles. The lowest BCUT2D eigenvalue weighted by Crippen LogP contribution is -2.51. The van der Waals surface area contributed by atoms with E-state index in [1.165, 1.54) is 0 Å². The molecular weight excluding hydrogens is 352 g/mol. The molecule has 0 N–H and O–H groups in total. The summed E-state index contributed by atoms with van der Waals surface area (Å²) >= 11 is 0. The van der Waals surface area contributed by atoms with Crippen molar-refractivity contribution in [1.82, 2.24) is 24.6 Å². The van der Waals surface area contributed by atoms with Gasteiger partial charge in [0.15, 0.2) is 15.7 Å². The highest BCUT2D eigenvalue weighted by Crippen LogP contribution is 2.25. The fourth-order valence-corrected chi connectivity index (χ4v) is 5.65. The summed E-state index contributed by atoms with van der Waals surface area (Å²) in [6, 6.07) is 2.06. The molecule has 0 radical (unpaired) electrons. The van der Waals surface area contributed by atoms with Gasteiger partial charge in [-0.1, -0.05) is 0 Å². The minimum atomic E-state index is -2.84. The van der Waals surface area contributed by atoms with Crippen LogP contribution < -0.4 is 4.90 Å². The lowest BCUT2D eigenvalue weighted by atomic mass is 10.2. The quantitative estimate of drug-likeness (QED) is 0.775. The molecule has 0 bridgehead atoms. The smallest absolute Gasteiger partial charge is 0.162 e. The number of rotatable bonds is 3. The molecule has 0 aromatic carbocycles. The molecular formula is C17H24N6O2S. The summed E-state index contributed by atoms with van der Waals surface area (Å²) in [6.07, 6.45) is 4.39. The summed E-state index contributed by atoms with van der Waals surface area (Å²) in [5.41, 5.74) is 1.01. The van der Waals surface area contributed by atoms with Gasteiger partial charge in [-0.2, -0.15) is 5.10 Å². The normalized spacial score (nSPS) is 23.5. The number of anilines is 1. The highest BCUT2D eigenvalue weighted by molar-refractivity contribution is 7.91. The van der Waals surface area contributed by atoms with Crippen molar-refractivity contribution in [2.75, 3.05) is 42.6 Å². The third-order valence-corrected chi connectivity index (χ3v) is 7.02. The average molecular weight is 376 g/mol. The molecule has 9 heteroatoms. The van der Waals surface area contributed by atoms with Crippen molar-refractivity contribution in [3.05, 3.63) is 29.8 Å². The number of aromatic nitrogens is 4. The van der Waals surface area contributed by atoms with Crippen LogP contribution in [0, 0.1) is 13.8 Å². The van der Waals surface area contributed by atoms with Crippen molar-refractivity contribution in [1.29, 1.82) is 0 Å². The highest BCUT2D eigenvalue weighted by atomic mass is 32.2. The Kier molecular flexibility index (Phi) is 4.44. The second-order valence-electron chi connectivity index (χ2n) is 7.07. The van der Waals surface area contributed by atoms with E-state index in [2.05, 4.69) is 24.9 Å². The van der Waals surface area contributed by atoms with E-state index in [-0.39, 0.29) is 6.04 Å². The fraction of sp³-hybridized carbons (Fsp3) is 0.588. The Labute approximate surface area is 153 Å². The Hall–Kier alpha value is -2.00. The number of sulfone groups is 1. The molecule has 2 aliphatic rings. The maximum absolute atomic E-state index is 11.7. The van der Waals surface area contributed by atoms with E-state index in [1.807, 2.05) is 26.1 Å². The molecule has 2 fully saturated rings. The first-order valence-electron chi connectivity index (χ1n) is 8.97. The molecule has 1 unspecified atom stereocenters. The Morgan fingerprint density at radius 3 is 2.42 bits per heavy atom. The molecule has 2 saturated heterocycles. The van der Waals surface area contributed by atoms with Crippen molar-refractivity contribution in [3.63, 3.8) is 0 Å². The van der Waals surface area contributed by atoms with Gasteiger partial charge in [0.05, 0.1) is 11.5 Å². The third kappa shape index (κ3) is 3.33. The molecule has 0 aliphatic carbocycles. The van der Waals surface area contributed by atoms with Crippen molar-refractivity contribution in [3.8, 4) is 5.82 Å². The van der Waals surface area contributed by atoms with Crippen LogP contribution >= 0.6 is 0 Å². The van der Waals surface area contributed by atoms with Gasteiger partial charge in [-0.05, 0) is 26.3 Å². The molecule has 0 spiro atoms. The van der Waals surface area contributed by atoms with Gasteiger partial charge in [0, 0.05) is 50.2 Å². The molecule has 0 amide bonds. The van der Waals surface area contributed by atoms with Crippen LogP contribution in [-0.2, 0) is 9.84 Å². The maximum Gasteiger partial charge on any atom is 0.162 e. The Morgan fingerprint density at radius 1 is 1.08 bits per heavy atom. The van der Waals surface area contributed by atoms with Crippen LogP contribution in [0.25, 0.3) is 5.82 Å². The van der Waals surface area contributed by atoms with Gasteiger partial charge in [-0.25, -0.2) is 23.1 Å². The van der Waals surface area contributed by atoms with E-state index in [0.717, 1.165) is 55.6 Å². The summed E-state index contributed by atoms with van der Waals surface area (Å²) in [7, 11) is -2.84. The van der Waals surface area contributed by atoms with Crippen LogP contribution in [0.3, 0.4) is 0 Å². The van der Waals surface area contributed by atoms with Gasteiger partial charge >= 0.3 is 0 Å². The topological polar surface area (TPSA) is 84.2 Å². The van der Waals surface area contributed by atoms with Crippen LogP contribution in [0.15, 0.2) is 18.5 Å². The molecule has 2 aromatic rings. The van der Waals surface area contributed by atoms with E-state index >= 15 is 0 Å². The monoisotopic (exact) mass is 376 g/mol. The highest BCUT2D eigenvalue weighted by Gasteiger charge is 2.34. The standard InChI is InChI=1S/C17H24N6O2S/c1-13-16(19-14(2)20-17(13)23-6-3-5-18-23)22-9-7-21(8-10-22)15-4-11-26(24,25)12-15/h3,5-6,15H,4,7-12H2,1-2H3. The summed E-state index contributed by atoms with van der Waals surface area (Å²) < 4.78 is 25.2. The lowest BCUT2D eigenvalue weighted by Gasteiger charge is -2.38. The van der Waals surface area contributed by atoms with E-state index in [4.69, 9.17) is 0 Å². The molecule has 26 heavy (non-hydrogen) atoms. The minimum Gasteiger partial charge on any atom is -0.354 e. The van der Waals surface area contributed by atoms with E-state index < -0.39 is 9.84 Å². The summed E-state index contributed by atoms with van der Waals surface area (Å²) in [5.74, 6) is 3.11. The Bertz CT molecular complexity index is 888. The molecule has 8 nitrogen and oxygen atoms in total. The van der Waals surface area contributed by atoms with Crippen molar-refractivity contribution >= 4 is 15.7 Å². The summed E-state index contributed by atoms with van der Waals surface area (Å²) in [4.78, 5) is 13.8. The maximum atomic E-state index is 11.7. The van der Waals surface area contributed by atoms with Gasteiger partial charge in [0.2, 0.25) is 0 Å². The third-order valence-electron chi connectivity index (χ3n) is 5.27. The second kappa shape index (κ2) is 6.62. The van der Waals surface area contributed by atoms with Gasteiger partial charge in [-0.3, -0.25) is 4.90 Å². The van der Waals surface area contributed by atoms with E-state index in [9.17, 15) is 8.42 Å². The summed E-state index contributed by atoms with van der Waals surface area (Å²) in [6.45, 7) is 7.33. The van der Waals surface area contributed by atoms with E-state index in [1.54, 1.807) is 10.9 Å². The van der Waals surface area contributed by atoms with Crippen LogP contribution in [0.2, 0.25) is 0 Å². The minimum absolute atomic E-state index is 0.176. The molecule has 2 aromatic heterocycles. The average Bonchev–Trinajstić information content (AvgIpc) is 3.26. The number of hydrogen-bond acceptors (Lipinski definition) is 7. The Morgan fingerprint density at radius 2 is 1.81 bits per heavy atom. The van der Waals surface area contributed by atoms with Crippen molar-refractivity contribution in [2.24, 2.45) is 0 Å². The first-order valence-corrected chi connectivity index (χ1v) is 10.8. The number of aryl methyl sites for hydroxylation is 1. The zero-order chi connectivity index (χ0) is 18.3. The predicted octanol–water partition coefficient (Wildman–Crippen LogP) is 0.588. The lowest BCUT2D eigenvalue weighted by molar-refractivity contribution is 0.200. The fourth-order valence-electron chi connectivity index (χ4n) is 3.89. The largest absolute Gasteiger partial charge is 0.354 e. The van der Waals surface area contributed by atoms with Crippen molar-refractivity contribution in [2.45, 2.75) is 26.3 Å². The summed E-state index contributed by atoms with van der Waals surface area (Å²) in [5, 5.41) is 4.30. The first-order chi connectivity index (χ1) is 12.4. The molecule has 4 heterocycles. The SMILES string of the molecule is Cc1nc(N2CCN(C3CCS(=O)(=O)C3)CC2)c(C)c(-n2cccn2)n1. The van der Waals surface area contributed by atoms with Crippen LogP contribution in [0.4, 0.5) is 5.82 Å². The first kappa shape index (κ1) is 17.4. The zero-order valence-electron chi connectivity index (χ0n) is 15.2. The van der Waals surface area contributed by atoms with Crippen molar-refractivity contribution < 1.29 is 8.42 Å². The van der Waals surface area contributed by atoms with Gasteiger partial charge in [0.1, 0.15) is 11.6 Å². The van der Waals surface area contributed by atoms with Gasteiger partial charge in [0.25, 0.3) is 0 Å². The zero-order valence-corrected chi connectivity index (χ0v) is 16.0. The molecule has 4 rings (SSSR count). The van der Waals surface area contributed by atoms with Gasteiger partial charge in [-0.15, -0.1) is 0 Å². The van der Waals surface area contributed by atoms with Crippen LogP contribution in [-0.4, -0.2) is 76.8 Å². The van der Waals surface area contributed by atoms with Crippen LogP contribution in [0.5, 0.6) is 0 Å². The predicted molar refractivity (Wildman–Crippen MR) is 99.5 cm³/mol. The Balaban J connectivity index is 1.51. The van der Waals surface area contributed by atoms with E-state index in [0.29, 0.717) is 11.5 Å². The molecule has 140 valence electrons. The van der Waals surface area contributed by atoms with Gasteiger partial charge < -0.3 is 4.90 Å².